The van der Waals surface area contributed by atoms with E-state index in [1.807, 2.05) is 36.4 Å². The summed E-state index contributed by atoms with van der Waals surface area (Å²) in [6.07, 6.45) is 4.56. The van der Waals surface area contributed by atoms with E-state index in [9.17, 15) is 9.59 Å². The van der Waals surface area contributed by atoms with Crippen LogP contribution >= 0.6 is 0 Å². The maximum Gasteiger partial charge on any atom is 0.272 e. The molecule has 0 atom stereocenters. The molecule has 9 nitrogen and oxygen atoms in total. The smallest absolute Gasteiger partial charge is 0.272 e. The van der Waals surface area contributed by atoms with Gasteiger partial charge in [0.25, 0.3) is 11.8 Å². The lowest BCUT2D eigenvalue weighted by atomic mass is 9.96. The van der Waals surface area contributed by atoms with Gasteiger partial charge in [-0.25, -0.2) is 4.98 Å². The minimum absolute atomic E-state index is 0.127. The summed E-state index contributed by atoms with van der Waals surface area (Å²) < 4.78 is 17.4. The van der Waals surface area contributed by atoms with Gasteiger partial charge in [-0.2, -0.15) is 0 Å². The second-order valence-corrected chi connectivity index (χ2v) is 10.1. The van der Waals surface area contributed by atoms with Crippen molar-refractivity contribution in [1.29, 1.82) is 0 Å². The van der Waals surface area contributed by atoms with Gasteiger partial charge in [-0.3, -0.25) is 9.59 Å². The number of benzene rings is 2. The highest BCUT2D eigenvalue weighted by molar-refractivity contribution is 6.00. The van der Waals surface area contributed by atoms with Gasteiger partial charge in [-0.05, 0) is 49.6 Å². The number of anilines is 1. The van der Waals surface area contributed by atoms with Crippen molar-refractivity contribution in [3.63, 3.8) is 0 Å². The van der Waals surface area contributed by atoms with Crippen molar-refractivity contribution in [2.75, 3.05) is 45.3 Å². The number of carbonyl (C=O) groups excluding carboxylic acids is 2. The van der Waals surface area contributed by atoms with Crippen molar-refractivity contribution < 1.29 is 23.8 Å². The third-order valence-electron chi connectivity index (χ3n) is 7.86. The van der Waals surface area contributed by atoms with Gasteiger partial charge < -0.3 is 29.3 Å². The Morgan fingerprint density at radius 2 is 1.74 bits per heavy atom. The molecule has 1 spiro atoms. The van der Waals surface area contributed by atoms with Crippen LogP contribution in [0.3, 0.4) is 0 Å². The third kappa shape index (κ3) is 4.25. The van der Waals surface area contributed by atoms with Crippen molar-refractivity contribution >= 4 is 28.4 Å². The van der Waals surface area contributed by atoms with E-state index < -0.39 is 5.72 Å². The maximum atomic E-state index is 13.5. The standard InChI is InChI=1S/C29H32N4O5/c1-36-24-8-6-7-20-25(37-2)18-22(30-26(20)24)28(35)33-15-11-29(12-16-33)31-27(34)21-17-19(9-10-23(21)38-29)32-13-4-3-5-14-32/h6-10,17-18H,3-5,11-16H2,1-2H3,(H,31,34). The number of nitrogens with one attached hydrogen (secondary N) is 1. The SMILES string of the molecule is COc1cc(C(=O)N2CCC3(CC2)NC(=O)c2cc(N4CCCCC4)ccc2O3)nc2c(OC)cccc12. The molecule has 2 fully saturated rings. The lowest BCUT2D eigenvalue weighted by Crippen LogP contribution is -2.61. The van der Waals surface area contributed by atoms with E-state index in [-0.39, 0.29) is 11.8 Å². The number of methoxy groups -OCH3 is 2. The fraction of sp³-hybridized carbons (Fsp3) is 0.414. The zero-order valence-electron chi connectivity index (χ0n) is 21.8. The summed E-state index contributed by atoms with van der Waals surface area (Å²) >= 11 is 0. The molecule has 0 unspecified atom stereocenters. The Balaban J connectivity index is 1.19. The molecule has 4 heterocycles. The molecular weight excluding hydrogens is 484 g/mol. The molecule has 1 aromatic heterocycles. The molecule has 2 saturated heterocycles. The van der Waals surface area contributed by atoms with Crippen molar-refractivity contribution in [2.24, 2.45) is 0 Å². The predicted octanol–water partition coefficient (Wildman–Crippen LogP) is 4.00. The van der Waals surface area contributed by atoms with Crippen LogP contribution in [-0.4, -0.2) is 67.8 Å². The molecule has 0 radical (unpaired) electrons. The number of aromatic nitrogens is 1. The number of rotatable bonds is 4. The number of pyridine rings is 1. The van der Waals surface area contributed by atoms with Crippen LogP contribution in [0.15, 0.2) is 42.5 Å². The van der Waals surface area contributed by atoms with Crippen molar-refractivity contribution in [3.05, 3.63) is 53.7 Å². The number of fused-ring (bicyclic) bond motifs is 2. The fourth-order valence-electron chi connectivity index (χ4n) is 5.74. The minimum Gasteiger partial charge on any atom is -0.496 e. The Hall–Kier alpha value is -4.01. The van der Waals surface area contributed by atoms with E-state index in [2.05, 4.69) is 15.2 Å². The molecule has 38 heavy (non-hydrogen) atoms. The maximum absolute atomic E-state index is 13.5. The van der Waals surface area contributed by atoms with Gasteiger partial charge in [-0.1, -0.05) is 6.07 Å². The highest BCUT2D eigenvalue weighted by Gasteiger charge is 2.43. The van der Waals surface area contributed by atoms with E-state index in [1.165, 1.54) is 19.3 Å². The number of nitrogens with zero attached hydrogens (tertiary/aromatic N) is 3. The molecule has 2 amide bonds. The first-order valence-electron chi connectivity index (χ1n) is 13.2. The molecular formula is C29H32N4O5. The molecule has 2 aromatic carbocycles. The molecule has 3 aliphatic rings. The van der Waals surface area contributed by atoms with Gasteiger partial charge in [0.15, 0.2) is 5.72 Å². The van der Waals surface area contributed by atoms with Gasteiger partial charge in [0.2, 0.25) is 0 Å². The summed E-state index contributed by atoms with van der Waals surface area (Å²) in [5, 5.41) is 3.88. The molecule has 3 aliphatic heterocycles. The number of ether oxygens (including phenoxy) is 3. The van der Waals surface area contributed by atoms with Crippen LogP contribution in [0.25, 0.3) is 10.9 Å². The Morgan fingerprint density at radius 3 is 2.47 bits per heavy atom. The molecule has 0 saturated carbocycles. The molecule has 0 aliphatic carbocycles. The van der Waals surface area contributed by atoms with Gasteiger partial charge in [0.1, 0.15) is 28.5 Å². The van der Waals surface area contributed by atoms with Gasteiger partial charge in [0.05, 0.1) is 19.8 Å². The van der Waals surface area contributed by atoms with Crippen LogP contribution in [0.5, 0.6) is 17.2 Å². The van der Waals surface area contributed by atoms with Crippen LogP contribution in [0.2, 0.25) is 0 Å². The molecule has 0 bridgehead atoms. The Kier molecular flexibility index (Phi) is 6.21. The zero-order chi connectivity index (χ0) is 26.3. The Labute approximate surface area is 221 Å². The molecule has 1 N–H and O–H groups in total. The van der Waals surface area contributed by atoms with Crippen molar-refractivity contribution in [1.82, 2.24) is 15.2 Å². The number of hydrogen-bond acceptors (Lipinski definition) is 7. The fourth-order valence-corrected chi connectivity index (χ4v) is 5.74. The molecule has 9 heteroatoms. The summed E-state index contributed by atoms with van der Waals surface area (Å²) in [6, 6.07) is 13.1. The summed E-state index contributed by atoms with van der Waals surface area (Å²) in [5.74, 6) is 1.42. The quantitative estimate of drug-likeness (QED) is 0.560. The lowest BCUT2D eigenvalue weighted by molar-refractivity contribution is -0.0246. The Morgan fingerprint density at radius 1 is 0.974 bits per heavy atom. The molecule has 3 aromatic rings. The number of para-hydroxylation sites is 1. The summed E-state index contributed by atoms with van der Waals surface area (Å²) in [7, 11) is 3.15. The van der Waals surface area contributed by atoms with Crippen LogP contribution in [0.1, 0.15) is 53.0 Å². The number of likely N-dealkylation sites (tertiary alicyclic amines) is 1. The largest absolute Gasteiger partial charge is 0.496 e. The van der Waals surface area contributed by atoms with Crippen LogP contribution < -0.4 is 24.4 Å². The van der Waals surface area contributed by atoms with E-state index in [1.54, 1.807) is 25.2 Å². The predicted molar refractivity (Wildman–Crippen MR) is 143 cm³/mol. The topological polar surface area (TPSA) is 93.2 Å². The molecule has 198 valence electrons. The monoisotopic (exact) mass is 516 g/mol. The Bertz CT molecular complexity index is 1390. The number of hydrogen-bond donors (Lipinski definition) is 1. The summed E-state index contributed by atoms with van der Waals surface area (Å²) in [5.41, 5.74) is 1.67. The molecule has 6 rings (SSSR count). The lowest BCUT2D eigenvalue weighted by Gasteiger charge is -2.44. The summed E-state index contributed by atoms with van der Waals surface area (Å²) in [6.45, 7) is 2.88. The minimum atomic E-state index is -0.828. The highest BCUT2D eigenvalue weighted by Crippen LogP contribution is 2.37. The first-order valence-corrected chi connectivity index (χ1v) is 13.2. The van der Waals surface area contributed by atoms with Crippen molar-refractivity contribution in [3.8, 4) is 17.2 Å². The van der Waals surface area contributed by atoms with Crippen LogP contribution in [-0.2, 0) is 0 Å². The van der Waals surface area contributed by atoms with Crippen molar-refractivity contribution in [2.45, 2.75) is 37.8 Å². The number of carbonyl (C=O) groups is 2. The number of amides is 2. The van der Waals surface area contributed by atoms with Gasteiger partial charge in [0, 0.05) is 56.2 Å². The van der Waals surface area contributed by atoms with E-state index in [4.69, 9.17) is 14.2 Å². The van der Waals surface area contributed by atoms with E-state index in [0.717, 1.165) is 24.2 Å². The van der Waals surface area contributed by atoms with E-state index >= 15 is 0 Å². The van der Waals surface area contributed by atoms with Gasteiger partial charge >= 0.3 is 0 Å². The van der Waals surface area contributed by atoms with Crippen LogP contribution in [0, 0.1) is 0 Å². The number of piperidine rings is 2. The first-order chi connectivity index (χ1) is 18.5. The average Bonchev–Trinajstić information content (AvgIpc) is 2.96. The first kappa shape index (κ1) is 24.3. The third-order valence-corrected chi connectivity index (χ3v) is 7.86. The van der Waals surface area contributed by atoms with Gasteiger partial charge in [-0.15, -0.1) is 0 Å². The second kappa shape index (κ2) is 9.70. The van der Waals surface area contributed by atoms with Crippen LogP contribution in [0.4, 0.5) is 5.69 Å². The zero-order valence-corrected chi connectivity index (χ0v) is 21.8. The van der Waals surface area contributed by atoms with E-state index in [0.29, 0.717) is 60.0 Å². The highest BCUT2D eigenvalue weighted by atomic mass is 16.5. The average molecular weight is 517 g/mol. The summed E-state index contributed by atoms with van der Waals surface area (Å²) in [4.78, 5) is 35.3. The normalized spacial score (nSPS) is 18.5. The second-order valence-electron chi connectivity index (χ2n) is 10.1.